The zero-order valence-electron chi connectivity index (χ0n) is 14.4. The summed E-state index contributed by atoms with van der Waals surface area (Å²) in [5.74, 6) is 0.471. The molecule has 2 aromatic carbocycles. The molecule has 2 nitrogen and oxygen atoms in total. The van der Waals surface area contributed by atoms with Gasteiger partial charge in [0.05, 0.1) is 5.41 Å². The summed E-state index contributed by atoms with van der Waals surface area (Å²) in [6.45, 7) is 5.15. The number of hydrogen-bond acceptors (Lipinski definition) is 2. The summed E-state index contributed by atoms with van der Waals surface area (Å²) >= 11 is 0. The van der Waals surface area contributed by atoms with Gasteiger partial charge in [-0.2, -0.15) is 0 Å². The van der Waals surface area contributed by atoms with Crippen LogP contribution in [0.1, 0.15) is 41.5 Å². The third-order valence-corrected chi connectivity index (χ3v) is 5.89. The summed E-state index contributed by atoms with van der Waals surface area (Å²) < 4.78 is 0. The fourth-order valence-corrected chi connectivity index (χ4v) is 4.52. The van der Waals surface area contributed by atoms with Gasteiger partial charge in [0.15, 0.2) is 0 Å². The van der Waals surface area contributed by atoms with Crippen LogP contribution in [0.3, 0.4) is 0 Å². The molecule has 4 rings (SSSR count). The number of rotatable bonds is 2. The standard InChI is InChI=1S/C22H25NO/c1-17-7-9-20-19(15-17)8-10-21(24)22(20)11-13-23(14-12-22)16-18-5-3-2-4-6-18/h2-7,9,15H,8,10-14,16H2,1H3. The van der Waals surface area contributed by atoms with Crippen molar-refractivity contribution >= 4 is 5.78 Å². The van der Waals surface area contributed by atoms with Crippen molar-refractivity contribution in [3.63, 3.8) is 0 Å². The molecule has 0 aromatic heterocycles. The average molecular weight is 319 g/mol. The Balaban J connectivity index is 1.55. The summed E-state index contributed by atoms with van der Waals surface area (Å²) in [6.07, 6.45) is 3.57. The van der Waals surface area contributed by atoms with Gasteiger partial charge < -0.3 is 0 Å². The van der Waals surface area contributed by atoms with E-state index >= 15 is 0 Å². The predicted octanol–water partition coefficient (Wildman–Crippen LogP) is 4.04. The lowest BCUT2D eigenvalue weighted by Crippen LogP contribution is -2.49. The van der Waals surface area contributed by atoms with Crippen molar-refractivity contribution in [3.8, 4) is 0 Å². The zero-order valence-corrected chi connectivity index (χ0v) is 14.4. The number of carbonyl (C=O) groups excluding carboxylic acids is 1. The van der Waals surface area contributed by atoms with Crippen LogP contribution in [-0.4, -0.2) is 23.8 Å². The van der Waals surface area contributed by atoms with Gasteiger partial charge in [-0.15, -0.1) is 0 Å². The molecule has 1 heterocycles. The van der Waals surface area contributed by atoms with Crippen LogP contribution in [0.4, 0.5) is 0 Å². The van der Waals surface area contributed by atoms with Crippen LogP contribution in [-0.2, 0) is 23.2 Å². The molecule has 2 aromatic rings. The molecule has 0 bridgehead atoms. The topological polar surface area (TPSA) is 20.3 Å². The van der Waals surface area contributed by atoms with Crippen LogP contribution in [0.15, 0.2) is 48.5 Å². The number of fused-ring (bicyclic) bond motifs is 2. The van der Waals surface area contributed by atoms with Crippen LogP contribution in [0.5, 0.6) is 0 Å². The Hall–Kier alpha value is -1.93. The molecule has 0 saturated carbocycles. The van der Waals surface area contributed by atoms with E-state index in [1.54, 1.807) is 0 Å². The highest BCUT2D eigenvalue weighted by Crippen LogP contribution is 2.43. The zero-order chi connectivity index (χ0) is 16.6. The largest absolute Gasteiger partial charge is 0.299 e. The minimum atomic E-state index is -0.214. The van der Waals surface area contributed by atoms with Gasteiger partial charge in [-0.25, -0.2) is 0 Å². The van der Waals surface area contributed by atoms with Crippen LogP contribution < -0.4 is 0 Å². The monoisotopic (exact) mass is 319 g/mol. The van der Waals surface area contributed by atoms with Gasteiger partial charge in [-0.1, -0.05) is 54.1 Å². The van der Waals surface area contributed by atoms with Crippen LogP contribution >= 0.6 is 0 Å². The molecule has 1 saturated heterocycles. The molecule has 0 unspecified atom stereocenters. The maximum absolute atomic E-state index is 12.9. The Bertz CT molecular complexity index is 742. The van der Waals surface area contributed by atoms with Gasteiger partial charge in [0, 0.05) is 13.0 Å². The second-order valence-corrected chi connectivity index (χ2v) is 7.43. The normalized spacial score (nSPS) is 20.1. The molecule has 1 spiro atoms. The first-order chi connectivity index (χ1) is 11.7. The number of piperidine rings is 1. The maximum Gasteiger partial charge on any atom is 0.143 e. The first-order valence-corrected chi connectivity index (χ1v) is 9.07. The molecule has 2 heteroatoms. The number of aryl methyl sites for hydroxylation is 2. The fraction of sp³-hybridized carbons (Fsp3) is 0.409. The Labute approximate surface area is 144 Å². The molecule has 0 amide bonds. The van der Waals surface area contributed by atoms with Crippen molar-refractivity contribution < 1.29 is 4.79 Å². The first kappa shape index (κ1) is 15.6. The van der Waals surface area contributed by atoms with Crippen molar-refractivity contribution in [3.05, 3.63) is 70.8 Å². The van der Waals surface area contributed by atoms with Gasteiger partial charge >= 0.3 is 0 Å². The van der Waals surface area contributed by atoms with Gasteiger partial charge in [0.25, 0.3) is 0 Å². The van der Waals surface area contributed by atoms with E-state index in [0.717, 1.165) is 45.3 Å². The van der Waals surface area contributed by atoms with Gasteiger partial charge in [-0.05, 0) is 56.0 Å². The van der Waals surface area contributed by atoms with E-state index in [-0.39, 0.29) is 5.41 Å². The number of hydrogen-bond donors (Lipinski definition) is 0. The Morgan fingerprint density at radius 2 is 1.75 bits per heavy atom. The van der Waals surface area contributed by atoms with Crippen molar-refractivity contribution in [2.45, 2.75) is 44.6 Å². The number of carbonyl (C=O) groups is 1. The lowest BCUT2D eigenvalue weighted by molar-refractivity contribution is -0.127. The highest BCUT2D eigenvalue weighted by atomic mass is 16.1. The quantitative estimate of drug-likeness (QED) is 0.832. The van der Waals surface area contributed by atoms with E-state index in [4.69, 9.17) is 0 Å². The molecular weight excluding hydrogens is 294 g/mol. The van der Waals surface area contributed by atoms with Crippen molar-refractivity contribution in [2.24, 2.45) is 0 Å². The minimum absolute atomic E-state index is 0.214. The number of nitrogens with zero attached hydrogens (tertiary/aromatic N) is 1. The molecule has 0 atom stereocenters. The van der Waals surface area contributed by atoms with E-state index in [2.05, 4.69) is 60.4 Å². The molecule has 1 aliphatic carbocycles. The summed E-state index contributed by atoms with van der Waals surface area (Å²) in [7, 11) is 0. The van der Waals surface area contributed by atoms with Gasteiger partial charge in [0.2, 0.25) is 0 Å². The second kappa shape index (κ2) is 6.18. The van der Waals surface area contributed by atoms with Crippen molar-refractivity contribution in [2.75, 3.05) is 13.1 Å². The molecule has 1 fully saturated rings. The number of ketones is 1. The SMILES string of the molecule is Cc1ccc2c(c1)CCC(=O)C21CCN(Cc2ccccc2)CC1. The molecule has 0 radical (unpaired) electrons. The molecule has 1 aliphatic heterocycles. The van der Waals surface area contributed by atoms with E-state index in [9.17, 15) is 4.79 Å². The molecule has 0 N–H and O–H groups in total. The summed E-state index contributed by atoms with van der Waals surface area (Å²) in [5, 5.41) is 0. The molecular formula is C22H25NO. The lowest BCUT2D eigenvalue weighted by atomic mass is 9.64. The maximum atomic E-state index is 12.9. The molecule has 24 heavy (non-hydrogen) atoms. The minimum Gasteiger partial charge on any atom is -0.299 e. The van der Waals surface area contributed by atoms with E-state index in [0.29, 0.717) is 5.78 Å². The summed E-state index contributed by atoms with van der Waals surface area (Å²) in [6, 6.07) is 17.3. The summed E-state index contributed by atoms with van der Waals surface area (Å²) in [4.78, 5) is 15.4. The third-order valence-electron chi connectivity index (χ3n) is 5.89. The van der Waals surface area contributed by atoms with E-state index in [1.807, 2.05) is 0 Å². The van der Waals surface area contributed by atoms with Crippen LogP contribution in [0.25, 0.3) is 0 Å². The Kier molecular flexibility index (Phi) is 4.01. The van der Waals surface area contributed by atoms with Crippen LogP contribution in [0.2, 0.25) is 0 Å². The lowest BCUT2D eigenvalue weighted by Gasteiger charge is -2.44. The van der Waals surface area contributed by atoms with E-state index in [1.165, 1.54) is 22.3 Å². The number of likely N-dealkylation sites (tertiary alicyclic amines) is 1. The molecule has 2 aliphatic rings. The van der Waals surface area contributed by atoms with Crippen molar-refractivity contribution in [1.82, 2.24) is 4.90 Å². The van der Waals surface area contributed by atoms with Gasteiger partial charge in [0.1, 0.15) is 5.78 Å². The first-order valence-electron chi connectivity index (χ1n) is 9.07. The smallest absolute Gasteiger partial charge is 0.143 e. The van der Waals surface area contributed by atoms with E-state index < -0.39 is 0 Å². The molecule has 124 valence electrons. The second-order valence-electron chi connectivity index (χ2n) is 7.43. The highest BCUT2D eigenvalue weighted by molar-refractivity contribution is 5.92. The Morgan fingerprint density at radius 3 is 2.50 bits per heavy atom. The van der Waals surface area contributed by atoms with Crippen LogP contribution in [0, 0.1) is 6.92 Å². The number of benzene rings is 2. The average Bonchev–Trinajstić information content (AvgIpc) is 2.61. The number of Topliss-reactive ketones (excluding diaryl/α,β-unsaturated/α-hetero) is 1. The fourth-order valence-electron chi connectivity index (χ4n) is 4.52. The predicted molar refractivity (Wildman–Crippen MR) is 97.1 cm³/mol. The summed E-state index contributed by atoms with van der Waals surface area (Å²) in [5.41, 5.74) is 5.18. The van der Waals surface area contributed by atoms with Gasteiger partial charge in [-0.3, -0.25) is 9.69 Å². The van der Waals surface area contributed by atoms with Crippen molar-refractivity contribution in [1.29, 1.82) is 0 Å². The Morgan fingerprint density at radius 1 is 1.00 bits per heavy atom. The third kappa shape index (κ3) is 2.69. The highest BCUT2D eigenvalue weighted by Gasteiger charge is 2.45.